The van der Waals surface area contributed by atoms with Gasteiger partial charge in [-0.15, -0.1) is 11.8 Å². The highest BCUT2D eigenvalue weighted by atomic mass is 79.9. The van der Waals surface area contributed by atoms with Gasteiger partial charge in [0.15, 0.2) is 6.61 Å². The van der Waals surface area contributed by atoms with Crippen LogP contribution in [0.2, 0.25) is 0 Å². The van der Waals surface area contributed by atoms with E-state index in [1.807, 2.05) is 6.07 Å². The minimum absolute atomic E-state index is 0.0825. The number of rotatable bonds is 6. The second-order valence-electron chi connectivity index (χ2n) is 11.3. The van der Waals surface area contributed by atoms with Crippen LogP contribution >= 0.6 is 39.0 Å². The molecule has 3 aromatic rings. The minimum atomic E-state index is -4.62. The van der Waals surface area contributed by atoms with Crippen LogP contribution in [0.5, 0.6) is 5.75 Å². The van der Waals surface area contributed by atoms with E-state index in [1.165, 1.54) is 23.9 Å². The molecule has 1 saturated heterocycles. The van der Waals surface area contributed by atoms with Gasteiger partial charge in [0.1, 0.15) is 5.75 Å². The Kier molecular flexibility index (Phi) is 7.24. The Morgan fingerprint density at radius 3 is 2.57 bits per heavy atom. The maximum Gasteiger partial charge on any atom is 0.416 e. The quantitative estimate of drug-likeness (QED) is 0.254. The second-order valence-corrected chi connectivity index (χ2v) is 14.4. The molecule has 2 amide bonds. The summed E-state index contributed by atoms with van der Waals surface area (Å²) in [5, 5.41) is 0.553. The van der Waals surface area contributed by atoms with Gasteiger partial charge < -0.3 is 14.5 Å². The van der Waals surface area contributed by atoms with Crippen LogP contribution in [0.15, 0.2) is 56.8 Å². The van der Waals surface area contributed by atoms with Crippen molar-refractivity contribution in [2.45, 2.75) is 35.7 Å². The SMILES string of the molecule is CCOC(=O)COc1ccc(Br)cc1[C@H]1c2sc(=O)[nH]c2SC2C1[C@H]1C[C@@H]2C2C(=O)N(c3cccc(C(F)(F)F)c3)C(=O)C21. The largest absolute Gasteiger partial charge is 0.482 e. The van der Waals surface area contributed by atoms with Crippen LogP contribution in [0.3, 0.4) is 0 Å². The summed E-state index contributed by atoms with van der Waals surface area (Å²) in [4.78, 5) is 57.0. The van der Waals surface area contributed by atoms with Crippen molar-refractivity contribution in [1.82, 2.24) is 4.98 Å². The maximum atomic E-state index is 14.0. The topological polar surface area (TPSA) is 106 Å². The van der Waals surface area contributed by atoms with Crippen molar-refractivity contribution in [2.75, 3.05) is 18.1 Å². The lowest BCUT2D eigenvalue weighted by Gasteiger charge is -2.43. The van der Waals surface area contributed by atoms with Gasteiger partial charge in [-0.3, -0.25) is 19.3 Å². The zero-order chi connectivity index (χ0) is 31.1. The van der Waals surface area contributed by atoms with E-state index in [2.05, 4.69) is 20.9 Å². The summed E-state index contributed by atoms with van der Waals surface area (Å²) in [5.41, 5.74) is -0.287. The Hall–Kier alpha value is -3.10. The van der Waals surface area contributed by atoms with Crippen LogP contribution < -0.4 is 14.5 Å². The van der Waals surface area contributed by atoms with Gasteiger partial charge in [0, 0.05) is 26.1 Å². The number of esters is 1. The summed E-state index contributed by atoms with van der Waals surface area (Å²) >= 11 is 6.12. The Morgan fingerprint density at radius 1 is 1.09 bits per heavy atom. The van der Waals surface area contributed by atoms with Gasteiger partial charge in [0.2, 0.25) is 11.8 Å². The average Bonchev–Trinajstić information content (AvgIpc) is 3.71. The van der Waals surface area contributed by atoms with E-state index in [0.29, 0.717) is 17.2 Å². The molecule has 14 heteroatoms. The van der Waals surface area contributed by atoms with Crippen LogP contribution in [-0.4, -0.2) is 41.2 Å². The number of imide groups is 1. The third kappa shape index (κ3) is 4.63. The number of halogens is 4. The van der Waals surface area contributed by atoms with Gasteiger partial charge in [0.05, 0.1) is 34.7 Å². The normalized spacial score (nSPS) is 28.6. The van der Waals surface area contributed by atoms with Gasteiger partial charge >= 0.3 is 17.0 Å². The van der Waals surface area contributed by atoms with Crippen molar-refractivity contribution in [1.29, 1.82) is 0 Å². The van der Waals surface area contributed by atoms with Gasteiger partial charge in [-0.25, -0.2) is 4.79 Å². The number of carbonyl (C=O) groups excluding carboxylic acids is 3. The number of thiazole rings is 1. The third-order valence-corrected chi connectivity index (χ3v) is 12.2. The molecule has 7 atom stereocenters. The Balaban J connectivity index is 1.29. The van der Waals surface area contributed by atoms with E-state index < -0.39 is 47.3 Å². The summed E-state index contributed by atoms with van der Waals surface area (Å²) < 4.78 is 52.2. The monoisotopic (exact) mass is 708 g/mol. The summed E-state index contributed by atoms with van der Waals surface area (Å²) in [7, 11) is 0. The lowest BCUT2D eigenvalue weighted by atomic mass is 9.68. The number of alkyl halides is 3. The number of benzene rings is 2. The predicted octanol–water partition coefficient (Wildman–Crippen LogP) is 5.84. The van der Waals surface area contributed by atoms with Crippen LogP contribution in [0.25, 0.3) is 0 Å². The number of nitrogens with zero attached hydrogens (tertiary/aromatic N) is 1. The summed E-state index contributed by atoms with van der Waals surface area (Å²) in [5.74, 6) is -3.48. The molecule has 44 heavy (non-hydrogen) atoms. The van der Waals surface area contributed by atoms with Crippen molar-refractivity contribution < 1.29 is 37.0 Å². The van der Waals surface area contributed by atoms with Gasteiger partial charge in [0.25, 0.3) is 0 Å². The van der Waals surface area contributed by atoms with Crippen molar-refractivity contribution >= 4 is 62.5 Å². The zero-order valence-corrected chi connectivity index (χ0v) is 26.1. The number of anilines is 1. The van der Waals surface area contributed by atoms with Gasteiger partial charge in [-0.05, 0) is 67.5 Å². The molecule has 1 aromatic heterocycles. The molecular formula is C30H24BrF3N2O6S2. The Morgan fingerprint density at radius 2 is 1.84 bits per heavy atom. The highest BCUT2D eigenvalue weighted by Gasteiger charge is 2.70. The molecule has 3 heterocycles. The first-order valence-corrected chi connectivity index (χ1v) is 16.5. The first kappa shape index (κ1) is 29.6. The lowest BCUT2D eigenvalue weighted by Crippen LogP contribution is -2.42. The number of thioether (sulfide) groups is 1. The number of hydrogen-bond donors (Lipinski definition) is 1. The van der Waals surface area contributed by atoms with Crippen LogP contribution in [0.1, 0.15) is 35.3 Å². The second kappa shape index (κ2) is 10.8. The molecule has 0 radical (unpaired) electrons. The fraction of sp³-hybridized carbons (Fsp3) is 0.400. The smallest absolute Gasteiger partial charge is 0.416 e. The van der Waals surface area contributed by atoms with Crippen molar-refractivity contribution in [3.05, 3.63) is 72.6 Å². The molecule has 2 aliphatic heterocycles. The van der Waals surface area contributed by atoms with E-state index in [9.17, 15) is 32.3 Å². The first-order chi connectivity index (χ1) is 21.0. The van der Waals surface area contributed by atoms with Crippen LogP contribution in [0.4, 0.5) is 18.9 Å². The number of hydrogen-bond acceptors (Lipinski definition) is 8. The number of amides is 2. The molecule has 7 rings (SSSR count). The summed E-state index contributed by atoms with van der Waals surface area (Å²) in [6.07, 6.45) is -4.02. The first-order valence-electron chi connectivity index (χ1n) is 14.0. The molecule has 230 valence electrons. The van der Waals surface area contributed by atoms with E-state index in [4.69, 9.17) is 9.47 Å². The minimum Gasteiger partial charge on any atom is -0.482 e. The molecule has 2 bridgehead atoms. The Bertz CT molecular complexity index is 1760. The number of nitrogens with one attached hydrogen (secondary N) is 1. The van der Waals surface area contributed by atoms with Gasteiger partial charge in [-0.1, -0.05) is 33.3 Å². The molecular weight excluding hydrogens is 685 g/mol. The lowest BCUT2D eigenvalue weighted by molar-refractivity contribution is -0.145. The number of ether oxygens (including phenoxy) is 2. The predicted molar refractivity (Wildman–Crippen MR) is 159 cm³/mol. The van der Waals surface area contributed by atoms with E-state index >= 15 is 0 Å². The average molecular weight is 710 g/mol. The maximum absolute atomic E-state index is 14.0. The van der Waals surface area contributed by atoms with E-state index in [1.54, 1.807) is 19.1 Å². The highest BCUT2D eigenvalue weighted by molar-refractivity contribution is 9.10. The van der Waals surface area contributed by atoms with Crippen molar-refractivity contribution in [3.63, 3.8) is 0 Å². The number of fused-ring (bicyclic) bond motifs is 9. The molecule has 1 N–H and O–H groups in total. The number of carbonyl (C=O) groups is 3. The zero-order valence-electron chi connectivity index (χ0n) is 22.9. The summed E-state index contributed by atoms with van der Waals surface area (Å²) in [6.45, 7) is 1.59. The van der Waals surface area contributed by atoms with Gasteiger partial charge in [-0.2, -0.15) is 13.2 Å². The fourth-order valence-corrected chi connectivity index (χ4v) is 10.9. The number of aromatic amines is 1. The number of aromatic nitrogens is 1. The van der Waals surface area contributed by atoms with Crippen LogP contribution in [0, 0.1) is 29.6 Å². The highest BCUT2D eigenvalue weighted by Crippen LogP contribution is 2.69. The number of H-pyrrole nitrogens is 1. The molecule has 4 aliphatic rings. The van der Waals surface area contributed by atoms with E-state index in [0.717, 1.165) is 43.3 Å². The van der Waals surface area contributed by atoms with Crippen molar-refractivity contribution in [2.24, 2.45) is 29.6 Å². The molecule has 3 fully saturated rings. The molecule has 2 aliphatic carbocycles. The molecule has 2 saturated carbocycles. The standard InChI is InChI=1S/C30H24BrF3N2O6S2/c1-2-41-19(37)11-42-18-7-6-13(31)9-15(18)20-21-16-10-17(24(21)43-26-25(20)44-29(40)35-26)23-22(16)27(38)36(28(23)39)14-5-3-4-12(8-14)30(32,33)34/h3-9,16-17,20-24H,2,10-11H2,1H3,(H,35,40)/t16-,17-,20-,21?,22?,23?,24?/m1/s1. The third-order valence-electron chi connectivity index (χ3n) is 9.11. The van der Waals surface area contributed by atoms with Crippen LogP contribution in [-0.2, 0) is 25.3 Å². The molecule has 2 aromatic carbocycles. The van der Waals surface area contributed by atoms with E-state index in [-0.39, 0.29) is 46.8 Å². The van der Waals surface area contributed by atoms with Crippen molar-refractivity contribution in [3.8, 4) is 5.75 Å². The molecule has 8 nitrogen and oxygen atoms in total. The fourth-order valence-electron chi connectivity index (χ4n) is 7.67. The summed E-state index contributed by atoms with van der Waals surface area (Å²) in [6, 6.07) is 9.71. The molecule has 0 spiro atoms. The molecule has 4 unspecified atom stereocenters. The Labute approximate surface area is 265 Å².